The van der Waals surface area contributed by atoms with Gasteiger partial charge in [0.15, 0.2) is 11.5 Å². The second kappa shape index (κ2) is 12.6. The third-order valence-electron chi connectivity index (χ3n) is 6.43. The van der Waals surface area contributed by atoms with Gasteiger partial charge in [-0.1, -0.05) is 19.6 Å². The number of fused-ring (bicyclic) bond motifs is 1. The van der Waals surface area contributed by atoms with Crippen LogP contribution in [0.1, 0.15) is 45.6 Å². The van der Waals surface area contributed by atoms with Crippen molar-refractivity contribution in [3.8, 4) is 17.2 Å². The lowest BCUT2D eigenvalue weighted by molar-refractivity contribution is -0.132. The number of esters is 1. The molecule has 1 aliphatic carbocycles. The Morgan fingerprint density at radius 2 is 1.62 bits per heavy atom. The number of nitrogens with one attached hydrogen (secondary N) is 2. The number of anilines is 2. The Balaban J connectivity index is 0.00000380. The predicted molar refractivity (Wildman–Crippen MR) is 148 cm³/mol. The van der Waals surface area contributed by atoms with E-state index in [1.165, 1.54) is 6.92 Å². The molecule has 1 saturated carbocycles. The fourth-order valence-corrected chi connectivity index (χ4v) is 4.63. The normalized spacial score (nSPS) is 17.0. The molecule has 4 rings (SSSR count). The maximum atomic E-state index is 11.5. The van der Waals surface area contributed by atoms with Crippen LogP contribution in [0.2, 0.25) is 0 Å². The Morgan fingerprint density at radius 1 is 1.00 bits per heavy atom. The van der Waals surface area contributed by atoms with Gasteiger partial charge in [0.1, 0.15) is 5.82 Å². The molecule has 0 radical (unpaired) electrons. The van der Waals surface area contributed by atoms with Gasteiger partial charge in [0, 0.05) is 45.0 Å². The highest BCUT2D eigenvalue weighted by Crippen LogP contribution is 2.39. The SMILES string of the molecule is C.COc1cc(CNC2CCC(Nc3nc(N(C)C)c4ccccc4n3)CC2)cc(OC)c1OC(C)=O. The van der Waals surface area contributed by atoms with Crippen molar-refractivity contribution in [3.63, 3.8) is 0 Å². The van der Waals surface area contributed by atoms with Crippen LogP contribution < -0.4 is 29.7 Å². The summed E-state index contributed by atoms with van der Waals surface area (Å²) >= 11 is 0. The van der Waals surface area contributed by atoms with Crippen molar-refractivity contribution in [3.05, 3.63) is 42.0 Å². The molecule has 0 spiro atoms. The van der Waals surface area contributed by atoms with Crippen LogP contribution in [0.3, 0.4) is 0 Å². The lowest BCUT2D eigenvalue weighted by Crippen LogP contribution is -2.37. The molecule has 1 aliphatic rings. The largest absolute Gasteiger partial charge is 0.493 e. The van der Waals surface area contributed by atoms with Crippen LogP contribution in [-0.2, 0) is 11.3 Å². The Bertz CT molecular complexity index is 1180. The third-order valence-corrected chi connectivity index (χ3v) is 6.43. The van der Waals surface area contributed by atoms with Crippen LogP contribution in [-0.4, -0.2) is 56.3 Å². The van der Waals surface area contributed by atoms with Gasteiger partial charge in [-0.05, 0) is 55.5 Å². The zero-order valence-corrected chi connectivity index (χ0v) is 21.6. The van der Waals surface area contributed by atoms with Gasteiger partial charge in [-0.3, -0.25) is 4.79 Å². The number of carbonyl (C=O) groups excluding carboxylic acids is 1. The van der Waals surface area contributed by atoms with E-state index in [-0.39, 0.29) is 7.43 Å². The van der Waals surface area contributed by atoms with E-state index in [1.807, 2.05) is 49.3 Å². The lowest BCUT2D eigenvalue weighted by atomic mass is 9.91. The Kier molecular flexibility index (Phi) is 9.52. The van der Waals surface area contributed by atoms with Crippen molar-refractivity contribution in [1.29, 1.82) is 0 Å². The van der Waals surface area contributed by atoms with Gasteiger partial charge in [0.2, 0.25) is 11.7 Å². The number of nitrogens with zero attached hydrogens (tertiary/aromatic N) is 3. The number of methoxy groups -OCH3 is 2. The standard InChI is InChI=1S/C27H35N5O4.CH4/c1-17(33)36-25-23(34-4)14-18(15-24(25)35-5)16-28-19-10-12-20(13-11-19)29-27-30-22-9-7-6-8-21(22)26(31-27)32(2)3;/h6-9,14-15,19-20,28H,10-13,16H2,1-5H3,(H,29,30,31);1H4. The van der Waals surface area contributed by atoms with Crippen LogP contribution in [0, 0.1) is 0 Å². The van der Waals surface area contributed by atoms with E-state index in [2.05, 4.69) is 16.7 Å². The van der Waals surface area contributed by atoms with Gasteiger partial charge in [-0.2, -0.15) is 4.98 Å². The number of aromatic nitrogens is 2. The molecule has 0 atom stereocenters. The number of hydrogen-bond donors (Lipinski definition) is 2. The molecule has 0 bridgehead atoms. The van der Waals surface area contributed by atoms with E-state index in [1.54, 1.807) is 14.2 Å². The number of para-hydroxylation sites is 1. The first kappa shape index (κ1) is 28.0. The molecule has 37 heavy (non-hydrogen) atoms. The minimum atomic E-state index is -0.421. The van der Waals surface area contributed by atoms with Crippen molar-refractivity contribution in [2.75, 3.05) is 38.5 Å². The Labute approximate surface area is 219 Å². The van der Waals surface area contributed by atoms with Crippen molar-refractivity contribution >= 4 is 28.6 Å². The molecule has 0 aliphatic heterocycles. The van der Waals surface area contributed by atoms with Crippen LogP contribution in [0.15, 0.2) is 36.4 Å². The van der Waals surface area contributed by atoms with Crippen LogP contribution in [0.25, 0.3) is 10.9 Å². The van der Waals surface area contributed by atoms with E-state index in [0.29, 0.717) is 41.8 Å². The summed E-state index contributed by atoms with van der Waals surface area (Å²) in [4.78, 5) is 23.0. The van der Waals surface area contributed by atoms with Gasteiger partial charge in [0.25, 0.3) is 0 Å². The van der Waals surface area contributed by atoms with Crippen LogP contribution >= 0.6 is 0 Å². The zero-order chi connectivity index (χ0) is 25.7. The van der Waals surface area contributed by atoms with Crippen molar-refractivity contribution in [2.45, 2.75) is 58.7 Å². The first-order valence-corrected chi connectivity index (χ1v) is 12.2. The van der Waals surface area contributed by atoms with Gasteiger partial charge >= 0.3 is 5.97 Å². The summed E-state index contributed by atoms with van der Waals surface area (Å²) in [5.41, 5.74) is 1.94. The number of hydrogen-bond acceptors (Lipinski definition) is 9. The van der Waals surface area contributed by atoms with E-state index in [9.17, 15) is 4.79 Å². The highest BCUT2D eigenvalue weighted by Gasteiger charge is 2.23. The minimum absolute atomic E-state index is 0. The summed E-state index contributed by atoms with van der Waals surface area (Å²) in [6.45, 7) is 2.02. The summed E-state index contributed by atoms with van der Waals surface area (Å²) in [6.07, 6.45) is 4.16. The van der Waals surface area contributed by atoms with E-state index in [0.717, 1.165) is 48.0 Å². The molecule has 0 amide bonds. The molecule has 0 unspecified atom stereocenters. The highest BCUT2D eigenvalue weighted by molar-refractivity contribution is 5.90. The minimum Gasteiger partial charge on any atom is -0.493 e. The molecule has 2 aromatic carbocycles. The molecule has 1 aromatic heterocycles. The predicted octanol–water partition coefficient (Wildman–Crippen LogP) is 4.79. The lowest BCUT2D eigenvalue weighted by Gasteiger charge is -2.30. The van der Waals surface area contributed by atoms with Gasteiger partial charge < -0.3 is 29.7 Å². The molecular formula is C28H39N5O4. The van der Waals surface area contributed by atoms with Crippen LogP contribution in [0.4, 0.5) is 11.8 Å². The van der Waals surface area contributed by atoms with Crippen LogP contribution in [0.5, 0.6) is 17.2 Å². The van der Waals surface area contributed by atoms with Crippen molar-refractivity contribution in [1.82, 2.24) is 15.3 Å². The average Bonchev–Trinajstić information content (AvgIpc) is 2.87. The molecule has 1 heterocycles. The summed E-state index contributed by atoms with van der Waals surface area (Å²) in [6, 6.07) is 12.6. The fourth-order valence-electron chi connectivity index (χ4n) is 4.63. The molecular weight excluding hydrogens is 470 g/mol. The van der Waals surface area contributed by atoms with E-state index >= 15 is 0 Å². The third kappa shape index (κ3) is 6.80. The molecule has 200 valence electrons. The van der Waals surface area contributed by atoms with Crippen molar-refractivity contribution < 1.29 is 19.0 Å². The van der Waals surface area contributed by atoms with Crippen molar-refractivity contribution in [2.24, 2.45) is 0 Å². The number of rotatable bonds is 9. The van der Waals surface area contributed by atoms with E-state index < -0.39 is 5.97 Å². The second-order valence-corrected chi connectivity index (χ2v) is 9.28. The Hall–Kier alpha value is -3.59. The number of carbonyl (C=O) groups is 1. The average molecular weight is 510 g/mol. The molecule has 1 fully saturated rings. The number of benzene rings is 2. The summed E-state index contributed by atoms with van der Waals surface area (Å²) in [5.74, 6) is 2.43. The molecule has 9 heteroatoms. The number of ether oxygens (including phenoxy) is 3. The van der Waals surface area contributed by atoms with Gasteiger partial charge in [0.05, 0.1) is 19.7 Å². The monoisotopic (exact) mass is 509 g/mol. The molecule has 0 saturated heterocycles. The van der Waals surface area contributed by atoms with Gasteiger partial charge in [-0.25, -0.2) is 4.98 Å². The fraction of sp³-hybridized carbons (Fsp3) is 0.464. The highest BCUT2D eigenvalue weighted by atomic mass is 16.6. The van der Waals surface area contributed by atoms with E-state index in [4.69, 9.17) is 24.2 Å². The summed E-state index contributed by atoms with van der Waals surface area (Å²) in [5, 5.41) is 8.26. The first-order valence-electron chi connectivity index (χ1n) is 12.2. The summed E-state index contributed by atoms with van der Waals surface area (Å²) in [7, 11) is 7.11. The topological polar surface area (TPSA) is 97.8 Å². The Morgan fingerprint density at radius 3 is 2.22 bits per heavy atom. The maximum absolute atomic E-state index is 11.5. The second-order valence-electron chi connectivity index (χ2n) is 9.28. The smallest absolute Gasteiger partial charge is 0.308 e. The zero-order valence-electron chi connectivity index (χ0n) is 21.6. The molecule has 2 N–H and O–H groups in total. The molecule has 9 nitrogen and oxygen atoms in total. The molecule has 3 aromatic rings. The summed E-state index contributed by atoms with van der Waals surface area (Å²) < 4.78 is 16.2. The first-order chi connectivity index (χ1) is 17.4. The quantitative estimate of drug-likeness (QED) is 0.312. The maximum Gasteiger partial charge on any atom is 0.308 e. The van der Waals surface area contributed by atoms with Gasteiger partial charge in [-0.15, -0.1) is 0 Å².